The van der Waals surface area contributed by atoms with Gasteiger partial charge in [0.05, 0.1) is 13.2 Å². The number of carbonyl (C=O) groups excluding carboxylic acids is 1. The van der Waals surface area contributed by atoms with Crippen molar-refractivity contribution in [3.63, 3.8) is 0 Å². The fraction of sp³-hybridized carbons (Fsp3) is 0.304. The van der Waals surface area contributed by atoms with Crippen LogP contribution in [0.25, 0.3) is 21.9 Å². The number of nitrogens with one attached hydrogen (secondary N) is 1. The summed E-state index contributed by atoms with van der Waals surface area (Å²) in [6.45, 7) is 1.28. The fourth-order valence-corrected chi connectivity index (χ4v) is 3.56. The lowest BCUT2D eigenvalue weighted by Crippen LogP contribution is -2.35. The number of amides is 1. The molecule has 2 heterocycles. The van der Waals surface area contributed by atoms with E-state index in [1.54, 1.807) is 13.3 Å². The van der Waals surface area contributed by atoms with Crippen molar-refractivity contribution >= 4 is 16.7 Å². The van der Waals surface area contributed by atoms with Gasteiger partial charge >= 0.3 is 0 Å². The van der Waals surface area contributed by atoms with E-state index in [9.17, 15) is 4.79 Å². The lowest BCUT2D eigenvalue weighted by Gasteiger charge is -2.14. The summed E-state index contributed by atoms with van der Waals surface area (Å²) in [7, 11) is 1.60. The van der Waals surface area contributed by atoms with Gasteiger partial charge in [-0.3, -0.25) is 4.79 Å². The van der Waals surface area contributed by atoms with Crippen molar-refractivity contribution in [2.24, 2.45) is 0 Å². The number of fused-ring (bicyclic) bond motifs is 1. The highest BCUT2D eigenvalue weighted by atomic mass is 16.5. The third-order valence-corrected chi connectivity index (χ3v) is 5.05. The number of nitrogens with zero attached hydrogens (tertiary/aromatic N) is 1. The average molecular weight is 392 g/mol. The minimum atomic E-state index is -0.146. The van der Waals surface area contributed by atoms with E-state index >= 15 is 0 Å². The summed E-state index contributed by atoms with van der Waals surface area (Å²) in [6.07, 6.45) is 3.90. The van der Waals surface area contributed by atoms with E-state index in [0.717, 1.165) is 41.3 Å². The number of aromatic nitrogens is 1. The summed E-state index contributed by atoms with van der Waals surface area (Å²) in [4.78, 5) is 16.3. The Hall–Kier alpha value is -3.12. The molecule has 0 saturated carbocycles. The van der Waals surface area contributed by atoms with Gasteiger partial charge in [0.2, 0.25) is 5.88 Å². The summed E-state index contributed by atoms with van der Waals surface area (Å²) in [6, 6.07) is 15.7. The first-order valence-electron chi connectivity index (χ1n) is 9.78. The van der Waals surface area contributed by atoms with Crippen LogP contribution >= 0.6 is 0 Å². The Morgan fingerprint density at radius 3 is 2.86 bits per heavy atom. The molecule has 0 bridgehead atoms. The maximum Gasteiger partial charge on any atom is 0.258 e. The third-order valence-electron chi connectivity index (χ3n) is 5.05. The van der Waals surface area contributed by atoms with E-state index in [4.69, 9.17) is 14.2 Å². The lowest BCUT2D eigenvalue weighted by molar-refractivity contribution is -0.123. The smallest absolute Gasteiger partial charge is 0.258 e. The van der Waals surface area contributed by atoms with Crippen molar-refractivity contribution in [2.75, 3.05) is 26.9 Å². The second-order valence-electron chi connectivity index (χ2n) is 6.97. The monoisotopic (exact) mass is 392 g/mol. The first-order valence-corrected chi connectivity index (χ1v) is 9.78. The van der Waals surface area contributed by atoms with E-state index in [0.29, 0.717) is 18.2 Å². The second-order valence-corrected chi connectivity index (χ2v) is 6.97. The number of hydrogen-bond donors (Lipinski definition) is 1. The Balaban J connectivity index is 1.51. The number of rotatable bonds is 7. The van der Waals surface area contributed by atoms with Crippen LogP contribution in [0.4, 0.5) is 0 Å². The van der Waals surface area contributed by atoms with Crippen molar-refractivity contribution in [2.45, 2.75) is 18.9 Å². The van der Waals surface area contributed by atoms with Crippen molar-refractivity contribution in [1.82, 2.24) is 10.3 Å². The Labute approximate surface area is 169 Å². The highest BCUT2D eigenvalue weighted by Crippen LogP contribution is 2.35. The van der Waals surface area contributed by atoms with Gasteiger partial charge in [-0.05, 0) is 41.5 Å². The van der Waals surface area contributed by atoms with E-state index in [1.165, 1.54) is 0 Å². The van der Waals surface area contributed by atoms with E-state index in [1.807, 2.05) is 48.5 Å². The molecule has 0 spiro atoms. The quantitative estimate of drug-likeness (QED) is 0.666. The van der Waals surface area contributed by atoms with Crippen molar-refractivity contribution in [1.29, 1.82) is 0 Å². The summed E-state index contributed by atoms with van der Waals surface area (Å²) < 4.78 is 16.6. The Kier molecular flexibility index (Phi) is 5.91. The summed E-state index contributed by atoms with van der Waals surface area (Å²) in [5.74, 6) is 1.10. The topological polar surface area (TPSA) is 69.7 Å². The second kappa shape index (κ2) is 8.92. The van der Waals surface area contributed by atoms with Gasteiger partial charge in [0.15, 0.2) is 6.61 Å². The summed E-state index contributed by atoms with van der Waals surface area (Å²) in [5, 5.41) is 4.87. The summed E-state index contributed by atoms with van der Waals surface area (Å²) >= 11 is 0. The zero-order valence-corrected chi connectivity index (χ0v) is 16.4. The van der Waals surface area contributed by atoms with Crippen LogP contribution in [0.3, 0.4) is 0 Å². The molecule has 1 aliphatic heterocycles. The average Bonchev–Trinajstić information content (AvgIpc) is 3.29. The molecule has 1 aliphatic rings. The molecule has 1 saturated heterocycles. The van der Waals surface area contributed by atoms with Gasteiger partial charge in [-0.2, -0.15) is 0 Å². The standard InChI is InChI=1S/C23H24N2O4/c1-27-23-13-16(10-11-24-23)18-8-9-21(20-7-3-2-6-19(18)20)29-15-22(26)25-14-17-5-4-12-28-17/h2-3,6-11,13,17H,4-5,12,14-15H2,1H3,(H,25,26). The first kappa shape index (κ1) is 19.2. The van der Waals surface area contributed by atoms with Gasteiger partial charge in [-0.25, -0.2) is 4.98 Å². The summed E-state index contributed by atoms with van der Waals surface area (Å²) in [5.41, 5.74) is 2.06. The highest BCUT2D eigenvalue weighted by molar-refractivity contribution is 6.00. The molecule has 0 aliphatic carbocycles. The number of carbonyl (C=O) groups is 1. The van der Waals surface area contributed by atoms with Crippen LogP contribution in [0.15, 0.2) is 54.7 Å². The number of pyridine rings is 1. The molecule has 6 nitrogen and oxygen atoms in total. The van der Waals surface area contributed by atoms with E-state index < -0.39 is 0 Å². The van der Waals surface area contributed by atoms with Crippen molar-refractivity contribution < 1.29 is 19.0 Å². The molecule has 29 heavy (non-hydrogen) atoms. The molecule has 0 radical (unpaired) electrons. The van der Waals surface area contributed by atoms with Gasteiger partial charge in [0.1, 0.15) is 5.75 Å². The molecular weight excluding hydrogens is 368 g/mol. The molecule has 4 rings (SSSR count). The maximum absolute atomic E-state index is 12.2. The van der Waals surface area contributed by atoms with Crippen LogP contribution in [-0.2, 0) is 9.53 Å². The minimum absolute atomic E-state index is 0.0286. The Morgan fingerprint density at radius 1 is 1.21 bits per heavy atom. The number of hydrogen-bond acceptors (Lipinski definition) is 5. The van der Waals surface area contributed by atoms with Crippen LogP contribution in [0.1, 0.15) is 12.8 Å². The normalized spacial score (nSPS) is 16.0. The molecule has 1 unspecified atom stereocenters. The number of methoxy groups -OCH3 is 1. The largest absolute Gasteiger partial charge is 0.483 e. The van der Waals surface area contributed by atoms with Crippen molar-refractivity contribution in [3.05, 3.63) is 54.7 Å². The molecule has 1 N–H and O–H groups in total. The molecule has 1 atom stereocenters. The SMILES string of the molecule is COc1cc(-c2ccc(OCC(=O)NCC3CCCO3)c3ccccc23)ccn1. The lowest BCUT2D eigenvalue weighted by atomic mass is 9.98. The predicted octanol–water partition coefficient (Wildman–Crippen LogP) is 3.58. The zero-order chi connectivity index (χ0) is 20.1. The first-order chi connectivity index (χ1) is 14.2. The maximum atomic E-state index is 12.2. The molecule has 1 aromatic heterocycles. The van der Waals surface area contributed by atoms with Gasteiger partial charge in [-0.15, -0.1) is 0 Å². The Bertz CT molecular complexity index is 999. The van der Waals surface area contributed by atoms with Crippen LogP contribution in [0.5, 0.6) is 11.6 Å². The van der Waals surface area contributed by atoms with Gasteiger partial charge in [0.25, 0.3) is 5.91 Å². The van der Waals surface area contributed by atoms with E-state index in [2.05, 4.69) is 10.3 Å². The molecule has 6 heteroatoms. The fourth-order valence-electron chi connectivity index (χ4n) is 3.56. The zero-order valence-electron chi connectivity index (χ0n) is 16.4. The molecule has 3 aromatic rings. The van der Waals surface area contributed by atoms with Crippen LogP contribution < -0.4 is 14.8 Å². The van der Waals surface area contributed by atoms with Crippen LogP contribution in [0, 0.1) is 0 Å². The molecule has 1 fully saturated rings. The van der Waals surface area contributed by atoms with E-state index in [-0.39, 0.29) is 18.6 Å². The molecular formula is C23H24N2O4. The molecule has 150 valence electrons. The predicted molar refractivity (Wildman–Crippen MR) is 111 cm³/mol. The van der Waals surface area contributed by atoms with Crippen molar-refractivity contribution in [3.8, 4) is 22.8 Å². The third kappa shape index (κ3) is 4.49. The van der Waals surface area contributed by atoms with Gasteiger partial charge in [0, 0.05) is 30.8 Å². The van der Waals surface area contributed by atoms with Crippen LogP contribution in [-0.4, -0.2) is 43.9 Å². The molecule has 1 amide bonds. The number of benzene rings is 2. The minimum Gasteiger partial charge on any atom is -0.483 e. The highest BCUT2D eigenvalue weighted by Gasteiger charge is 2.16. The Morgan fingerprint density at radius 2 is 2.07 bits per heavy atom. The van der Waals surface area contributed by atoms with Gasteiger partial charge in [-0.1, -0.05) is 30.3 Å². The van der Waals surface area contributed by atoms with Gasteiger partial charge < -0.3 is 19.5 Å². The van der Waals surface area contributed by atoms with Crippen LogP contribution in [0.2, 0.25) is 0 Å². The molecule has 2 aromatic carbocycles. The number of ether oxygens (including phenoxy) is 3.